The van der Waals surface area contributed by atoms with Crippen molar-refractivity contribution in [3.8, 4) is 11.5 Å². The van der Waals surface area contributed by atoms with Crippen molar-refractivity contribution in [1.82, 2.24) is 0 Å². The van der Waals surface area contributed by atoms with Gasteiger partial charge in [0.2, 0.25) is 5.91 Å². The van der Waals surface area contributed by atoms with E-state index in [1.54, 1.807) is 14.2 Å². The van der Waals surface area contributed by atoms with E-state index in [-0.39, 0.29) is 11.8 Å². The zero-order chi connectivity index (χ0) is 14.8. The van der Waals surface area contributed by atoms with Gasteiger partial charge in [0.1, 0.15) is 0 Å². The Morgan fingerprint density at radius 2 is 1.86 bits per heavy atom. The molecule has 0 spiro atoms. The summed E-state index contributed by atoms with van der Waals surface area (Å²) in [6.45, 7) is 0. The van der Waals surface area contributed by atoms with Gasteiger partial charge in [-0.2, -0.15) is 0 Å². The summed E-state index contributed by atoms with van der Waals surface area (Å²) >= 11 is 0. The number of fused-ring (bicyclic) bond motifs is 1. The van der Waals surface area contributed by atoms with Gasteiger partial charge >= 0.3 is 0 Å². The van der Waals surface area contributed by atoms with Crippen molar-refractivity contribution in [3.63, 3.8) is 0 Å². The number of rotatable bonds is 4. The summed E-state index contributed by atoms with van der Waals surface area (Å²) in [5.41, 5.74) is 2.90. The van der Waals surface area contributed by atoms with E-state index in [0.717, 1.165) is 16.8 Å². The molecule has 1 aliphatic rings. The van der Waals surface area contributed by atoms with Crippen LogP contribution in [-0.4, -0.2) is 20.1 Å². The molecule has 1 heterocycles. The molecule has 4 heteroatoms. The van der Waals surface area contributed by atoms with Crippen LogP contribution < -0.4 is 14.8 Å². The molecule has 0 bridgehead atoms. The molecule has 2 aromatic rings. The van der Waals surface area contributed by atoms with Gasteiger partial charge in [0.25, 0.3) is 0 Å². The van der Waals surface area contributed by atoms with E-state index in [0.29, 0.717) is 17.9 Å². The summed E-state index contributed by atoms with van der Waals surface area (Å²) < 4.78 is 10.8. The number of nitrogens with one attached hydrogen (secondary N) is 1. The van der Waals surface area contributed by atoms with Gasteiger partial charge in [-0.3, -0.25) is 4.79 Å². The van der Waals surface area contributed by atoms with Crippen LogP contribution in [0.4, 0.5) is 5.69 Å². The van der Waals surface area contributed by atoms with Crippen LogP contribution in [0.1, 0.15) is 17.0 Å². The lowest BCUT2D eigenvalue weighted by Crippen LogP contribution is -2.14. The third kappa shape index (κ3) is 2.33. The van der Waals surface area contributed by atoms with E-state index in [1.807, 2.05) is 42.5 Å². The number of para-hydroxylation sites is 2. The number of carbonyl (C=O) groups is 1. The Bertz CT molecular complexity index is 681. The summed E-state index contributed by atoms with van der Waals surface area (Å²) in [4.78, 5) is 12.2. The molecule has 0 aromatic heterocycles. The average Bonchev–Trinajstić information content (AvgIpc) is 2.83. The minimum Gasteiger partial charge on any atom is -0.493 e. The number of amides is 1. The second-order valence-corrected chi connectivity index (χ2v) is 4.99. The third-order valence-electron chi connectivity index (χ3n) is 3.82. The topological polar surface area (TPSA) is 47.6 Å². The normalized spacial score (nSPS) is 16.3. The van der Waals surface area contributed by atoms with E-state index in [2.05, 4.69) is 5.32 Å². The lowest BCUT2D eigenvalue weighted by atomic mass is 9.92. The van der Waals surface area contributed by atoms with Crippen molar-refractivity contribution in [1.29, 1.82) is 0 Å². The fourth-order valence-corrected chi connectivity index (χ4v) is 2.81. The van der Waals surface area contributed by atoms with Gasteiger partial charge in [0, 0.05) is 5.69 Å². The molecule has 1 aliphatic heterocycles. The van der Waals surface area contributed by atoms with E-state index >= 15 is 0 Å². The molecule has 2 aromatic carbocycles. The summed E-state index contributed by atoms with van der Waals surface area (Å²) in [6.07, 6.45) is 0.587. The lowest BCUT2D eigenvalue weighted by Gasteiger charge is -2.15. The lowest BCUT2D eigenvalue weighted by molar-refractivity contribution is -0.117. The van der Waals surface area contributed by atoms with Crippen molar-refractivity contribution in [2.24, 2.45) is 0 Å². The van der Waals surface area contributed by atoms with Crippen LogP contribution in [0.3, 0.4) is 0 Å². The number of benzene rings is 2. The van der Waals surface area contributed by atoms with Gasteiger partial charge in [-0.1, -0.05) is 30.3 Å². The van der Waals surface area contributed by atoms with Crippen molar-refractivity contribution >= 4 is 11.6 Å². The van der Waals surface area contributed by atoms with E-state index in [9.17, 15) is 4.79 Å². The van der Waals surface area contributed by atoms with Crippen LogP contribution in [0.15, 0.2) is 42.5 Å². The smallest absolute Gasteiger partial charge is 0.232 e. The van der Waals surface area contributed by atoms with Crippen molar-refractivity contribution in [2.75, 3.05) is 19.5 Å². The second-order valence-electron chi connectivity index (χ2n) is 4.99. The fraction of sp³-hybridized carbons (Fsp3) is 0.235. The zero-order valence-corrected chi connectivity index (χ0v) is 12.1. The van der Waals surface area contributed by atoms with Gasteiger partial charge in [0.15, 0.2) is 11.5 Å². The number of ether oxygens (including phenoxy) is 2. The molecular weight excluding hydrogens is 266 g/mol. The Labute approximate surface area is 123 Å². The first kappa shape index (κ1) is 13.5. The van der Waals surface area contributed by atoms with Crippen molar-refractivity contribution in [2.45, 2.75) is 12.3 Å². The third-order valence-corrected chi connectivity index (χ3v) is 3.82. The first-order chi connectivity index (χ1) is 10.2. The number of methoxy groups -OCH3 is 2. The molecular formula is C17H17NO3. The zero-order valence-electron chi connectivity index (χ0n) is 12.1. The van der Waals surface area contributed by atoms with Gasteiger partial charge in [-0.25, -0.2) is 0 Å². The van der Waals surface area contributed by atoms with Crippen LogP contribution >= 0.6 is 0 Å². The summed E-state index contributed by atoms with van der Waals surface area (Å²) in [7, 11) is 3.23. The quantitative estimate of drug-likeness (QED) is 0.938. The monoisotopic (exact) mass is 283 g/mol. The SMILES string of the molecule is COc1cccc(C[C@H]2C(=O)Nc3ccccc32)c1OC. The van der Waals surface area contributed by atoms with Crippen LogP contribution in [0.5, 0.6) is 11.5 Å². The summed E-state index contributed by atoms with van der Waals surface area (Å²) in [5.74, 6) is 1.21. The fourth-order valence-electron chi connectivity index (χ4n) is 2.81. The number of anilines is 1. The first-order valence-corrected chi connectivity index (χ1v) is 6.84. The van der Waals surface area contributed by atoms with Gasteiger partial charge < -0.3 is 14.8 Å². The molecule has 0 saturated carbocycles. The molecule has 0 fully saturated rings. The van der Waals surface area contributed by atoms with Gasteiger partial charge in [0.05, 0.1) is 20.1 Å². The van der Waals surface area contributed by atoms with Crippen molar-refractivity contribution in [3.05, 3.63) is 53.6 Å². The molecule has 0 saturated heterocycles. The molecule has 21 heavy (non-hydrogen) atoms. The molecule has 108 valence electrons. The molecule has 0 radical (unpaired) electrons. The second kappa shape index (κ2) is 5.48. The molecule has 0 unspecified atom stereocenters. The van der Waals surface area contributed by atoms with Crippen LogP contribution in [0.2, 0.25) is 0 Å². The maximum absolute atomic E-state index is 12.2. The molecule has 3 rings (SSSR count). The first-order valence-electron chi connectivity index (χ1n) is 6.84. The number of hydrogen-bond donors (Lipinski definition) is 1. The number of hydrogen-bond acceptors (Lipinski definition) is 3. The summed E-state index contributed by atoms with van der Waals surface area (Å²) in [5, 5.41) is 2.92. The van der Waals surface area contributed by atoms with Crippen LogP contribution in [-0.2, 0) is 11.2 Å². The predicted octanol–water partition coefficient (Wildman–Crippen LogP) is 2.98. The highest BCUT2D eigenvalue weighted by atomic mass is 16.5. The van der Waals surface area contributed by atoms with Crippen LogP contribution in [0.25, 0.3) is 0 Å². The van der Waals surface area contributed by atoms with Gasteiger partial charge in [-0.05, 0) is 29.7 Å². The van der Waals surface area contributed by atoms with E-state index in [4.69, 9.17) is 9.47 Å². The highest BCUT2D eigenvalue weighted by Crippen LogP contribution is 2.38. The minimum atomic E-state index is -0.192. The standard InChI is InChI=1S/C17H17NO3/c1-20-15-9-5-6-11(16(15)21-2)10-13-12-7-3-4-8-14(12)18-17(13)19/h3-9,13H,10H2,1-2H3,(H,18,19)/t13-/m1/s1. The molecule has 4 nitrogen and oxygen atoms in total. The Kier molecular flexibility index (Phi) is 3.52. The molecule has 1 amide bonds. The minimum absolute atomic E-state index is 0.0288. The highest BCUT2D eigenvalue weighted by Gasteiger charge is 2.31. The predicted molar refractivity (Wildman–Crippen MR) is 81.1 cm³/mol. The Morgan fingerprint density at radius 3 is 2.62 bits per heavy atom. The summed E-state index contributed by atoms with van der Waals surface area (Å²) in [6, 6.07) is 13.5. The largest absolute Gasteiger partial charge is 0.493 e. The Hall–Kier alpha value is -2.49. The van der Waals surface area contributed by atoms with E-state index in [1.165, 1.54) is 0 Å². The Balaban J connectivity index is 1.96. The average molecular weight is 283 g/mol. The highest BCUT2D eigenvalue weighted by molar-refractivity contribution is 6.03. The molecule has 0 aliphatic carbocycles. The van der Waals surface area contributed by atoms with Crippen LogP contribution in [0, 0.1) is 0 Å². The molecule has 1 atom stereocenters. The van der Waals surface area contributed by atoms with Crippen molar-refractivity contribution < 1.29 is 14.3 Å². The van der Waals surface area contributed by atoms with E-state index < -0.39 is 0 Å². The Morgan fingerprint density at radius 1 is 1.05 bits per heavy atom. The molecule has 1 N–H and O–H groups in total. The number of carbonyl (C=O) groups excluding carboxylic acids is 1. The maximum atomic E-state index is 12.2. The maximum Gasteiger partial charge on any atom is 0.232 e. The van der Waals surface area contributed by atoms with Gasteiger partial charge in [-0.15, -0.1) is 0 Å².